The van der Waals surface area contributed by atoms with Crippen LogP contribution in [0.4, 0.5) is 15.8 Å². The van der Waals surface area contributed by atoms with Crippen LogP contribution in [0.15, 0.2) is 24.3 Å². The molecule has 132 valence electrons. The lowest BCUT2D eigenvalue weighted by atomic mass is 10.2. The molecule has 0 saturated heterocycles. The van der Waals surface area contributed by atoms with Gasteiger partial charge < -0.3 is 10.1 Å². The second-order valence-electron chi connectivity index (χ2n) is 5.12. The van der Waals surface area contributed by atoms with Crippen molar-refractivity contribution >= 4 is 34.6 Å². The molecular formula is C16H15FN2O5S. The first-order chi connectivity index (χ1) is 11.8. The van der Waals surface area contributed by atoms with Crippen LogP contribution >= 0.6 is 11.3 Å². The molecule has 2 rings (SSSR count). The summed E-state index contributed by atoms with van der Waals surface area (Å²) in [6.07, 6.45) is 0.788. The van der Waals surface area contributed by atoms with Gasteiger partial charge in [-0.1, -0.05) is 6.92 Å². The van der Waals surface area contributed by atoms with Gasteiger partial charge >= 0.3 is 5.97 Å². The smallest absolute Gasteiger partial charge is 0.348 e. The molecule has 7 nitrogen and oxygen atoms in total. The van der Waals surface area contributed by atoms with Crippen molar-refractivity contribution in [2.75, 3.05) is 11.9 Å². The number of amides is 1. The zero-order valence-corrected chi connectivity index (χ0v) is 14.3. The summed E-state index contributed by atoms with van der Waals surface area (Å²) in [6.45, 7) is 3.22. The zero-order valence-electron chi connectivity index (χ0n) is 13.5. The molecule has 1 aromatic heterocycles. The number of nitrogens with zero attached hydrogens (tertiary/aromatic N) is 1. The quantitative estimate of drug-likeness (QED) is 0.479. The number of nitro groups is 1. The van der Waals surface area contributed by atoms with E-state index in [9.17, 15) is 24.1 Å². The Bertz CT molecular complexity index is 834. The predicted octanol–water partition coefficient (Wildman–Crippen LogP) is 3.46. The number of esters is 1. The van der Waals surface area contributed by atoms with E-state index in [0.717, 1.165) is 35.1 Å². The topological polar surface area (TPSA) is 98.5 Å². The molecule has 1 heterocycles. The largest absolute Gasteiger partial charge is 0.451 e. The van der Waals surface area contributed by atoms with Crippen molar-refractivity contribution in [3.8, 4) is 0 Å². The molecular weight excluding hydrogens is 351 g/mol. The average molecular weight is 366 g/mol. The Balaban J connectivity index is 1.97. The van der Waals surface area contributed by atoms with Crippen molar-refractivity contribution in [2.45, 2.75) is 20.3 Å². The van der Waals surface area contributed by atoms with Crippen LogP contribution in [-0.4, -0.2) is 23.4 Å². The number of ether oxygens (including phenoxy) is 1. The van der Waals surface area contributed by atoms with Crippen LogP contribution in [0.3, 0.4) is 0 Å². The number of carbonyl (C=O) groups is 2. The SMILES string of the molecule is CCc1sc(C(=O)OCC(=O)Nc2cc([N+](=O)[O-])ccc2F)cc1C. The van der Waals surface area contributed by atoms with E-state index < -0.39 is 29.2 Å². The Hall–Kier alpha value is -2.81. The van der Waals surface area contributed by atoms with Crippen LogP contribution in [0, 0.1) is 22.9 Å². The number of anilines is 1. The Kier molecular flexibility index (Phi) is 5.81. The summed E-state index contributed by atoms with van der Waals surface area (Å²) >= 11 is 1.29. The van der Waals surface area contributed by atoms with E-state index in [1.165, 1.54) is 11.3 Å². The van der Waals surface area contributed by atoms with Crippen molar-refractivity contribution in [3.05, 3.63) is 55.5 Å². The molecule has 0 aliphatic carbocycles. The number of non-ortho nitro benzene ring substituents is 1. The number of nitro benzene ring substituents is 1. The minimum Gasteiger partial charge on any atom is -0.451 e. The van der Waals surface area contributed by atoms with E-state index >= 15 is 0 Å². The van der Waals surface area contributed by atoms with Gasteiger partial charge in [0.2, 0.25) is 0 Å². The third kappa shape index (κ3) is 4.60. The van der Waals surface area contributed by atoms with Gasteiger partial charge in [-0.3, -0.25) is 14.9 Å². The van der Waals surface area contributed by atoms with E-state index in [1.807, 2.05) is 13.8 Å². The molecule has 0 radical (unpaired) electrons. The molecule has 0 unspecified atom stereocenters. The highest BCUT2D eigenvalue weighted by atomic mass is 32.1. The molecule has 9 heteroatoms. The Morgan fingerprint density at radius 1 is 1.36 bits per heavy atom. The van der Waals surface area contributed by atoms with Gasteiger partial charge in [-0.05, 0) is 31.0 Å². The molecule has 0 saturated carbocycles. The van der Waals surface area contributed by atoms with Crippen LogP contribution < -0.4 is 5.32 Å². The highest BCUT2D eigenvalue weighted by Crippen LogP contribution is 2.23. The second kappa shape index (κ2) is 7.84. The number of halogens is 1. The third-order valence-corrected chi connectivity index (χ3v) is 4.67. The van der Waals surface area contributed by atoms with Gasteiger partial charge in [-0.15, -0.1) is 11.3 Å². The van der Waals surface area contributed by atoms with Crippen molar-refractivity contribution in [2.24, 2.45) is 0 Å². The van der Waals surface area contributed by atoms with E-state index in [4.69, 9.17) is 4.74 Å². The van der Waals surface area contributed by atoms with Gasteiger partial charge in [0.25, 0.3) is 11.6 Å². The van der Waals surface area contributed by atoms with Crippen LogP contribution in [-0.2, 0) is 16.0 Å². The molecule has 0 spiro atoms. The number of hydrogen-bond donors (Lipinski definition) is 1. The molecule has 1 N–H and O–H groups in total. The summed E-state index contributed by atoms with van der Waals surface area (Å²) in [7, 11) is 0. The number of nitrogens with one attached hydrogen (secondary N) is 1. The number of rotatable bonds is 6. The second-order valence-corrected chi connectivity index (χ2v) is 6.25. The fourth-order valence-corrected chi connectivity index (χ4v) is 3.09. The van der Waals surface area contributed by atoms with E-state index in [1.54, 1.807) is 6.07 Å². The fourth-order valence-electron chi connectivity index (χ4n) is 2.08. The molecule has 2 aromatic rings. The van der Waals surface area contributed by atoms with Crippen molar-refractivity contribution in [3.63, 3.8) is 0 Å². The van der Waals surface area contributed by atoms with Gasteiger partial charge in [-0.2, -0.15) is 0 Å². The number of carbonyl (C=O) groups excluding carboxylic acids is 2. The van der Waals surface area contributed by atoms with Crippen molar-refractivity contribution < 1.29 is 23.6 Å². The first-order valence-electron chi connectivity index (χ1n) is 7.32. The van der Waals surface area contributed by atoms with Gasteiger partial charge in [0.1, 0.15) is 10.7 Å². The lowest BCUT2D eigenvalue weighted by Crippen LogP contribution is -2.21. The minimum atomic E-state index is -0.827. The Morgan fingerprint density at radius 2 is 2.08 bits per heavy atom. The summed E-state index contributed by atoms with van der Waals surface area (Å²) < 4.78 is 18.5. The van der Waals surface area contributed by atoms with Gasteiger partial charge in [-0.25, -0.2) is 9.18 Å². The molecule has 0 aliphatic rings. The summed E-state index contributed by atoms with van der Waals surface area (Å²) in [5.74, 6) is -2.27. The summed E-state index contributed by atoms with van der Waals surface area (Å²) in [4.78, 5) is 35.1. The lowest BCUT2D eigenvalue weighted by Gasteiger charge is -2.07. The van der Waals surface area contributed by atoms with Gasteiger partial charge in [0.15, 0.2) is 6.61 Å². The van der Waals surface area contributed by atoms with Crippen LogP contribution in [0.5, 0.6) is 0 Å². The lowest BCUT2D eigenvalue weighted by molar-refractivity contribution is -0.384. The normalized spacial score (nSPS) is 10.4. The zero-order chi connectivity index (χ0) is 18.6. The monoisotopic (exact) mass is 366 g/mol. The van der Waals surface area contributed by atoms with Crippen LogP contribution in [0.1, 0.15) is 27.0 Å². The summed E-state index contributed by atoms with van der Waals surface area (Å²) in [5, 5.41) is 12.8. The highest BCUT2D eigenvalue weighted by molar-refractivity contribution is 7.14. The summed E-state index contributed by atoms with van der Waals surface area (Å²) in [5.41, 5.74) is 0.257. The van der Waals surface area contributed by atoms with Crippen LogP contribution in [0.2, 0.25) is 0 Å². The van der Waals surface area contributed by atoms with E-state index in [-0.39, 0.29) is 11.4 Å². The Morgan fingerprint density at radius 3 is 2.68 bits per heavy atom. The maximum absolute atomic E-state index is 13.6. The average Bonchev–Trinajstić information content (AvgIpc) is 2.95. The van der Waals surface area contributed by atoms with Crippen molar-refractivity contribution in [1.82, 2.24) is 0 Å². The molecule has 0 bridgehead atoms. The molecule has 25 heavy (non-hydrogen) atoms. The molecule has 0 aliphatic heterocycles. The molecule has 1 aromatic carbocycles. The number of aryl methyl sites for hydroxylation is 2. The first-order valence-corrected chi connectivity index (χ1v) is 8.13. The summed E-state index contributed by atoms with van der Waals surface area (Å²) in [6, 6.07) is 4.44. The number of hydrogen-bond acceptors (Lipinski definition) is 6. The Labute approximate surface area is 146 Å². The minimum absolute atomic E-state index is 0.351. The predicted molar refractivity (Wildman–Crippen MR) is 90.4 cm³/mol. The third-order valence-electron chi connectivity index (χ3n) is 3.31. The maximum Gasteiger partial charge on any atom is 0.348 e. The van der Waals surface area contributed by atoms with E-state index in [0.29, 0.717) is 4.88 Å². The van der Waals surface area contributed by atoms with Crippen LogP contribution in [0.25, 0.3) is 0 Å². The van der Waals surface area contributed by atoms with Gasteiger partial charge in [0, 0.05) is 17.0 Å². The van der Waals surface area contributed by atoms with Crippen molar-refractivity contribution in [1.29, 1.82) is 0 Å². The highest BCUT2D eigenvalue weighted by Gasteiger charge is 2.17. The number of thiophene rings is 1. The first kappa shape index (κ1) is 18.5. The van der Waals surface area contributed by atoms with E-state index in [2.05, 4.69) is 5.32 Å². The maximum atomic E-state index is 13.6. The number of benzene rings is 1. The van der Waals surface area contributed by atoms with Gasteiger partial charge in [0.05, 0.1) is 10.6 Å². The molecule has 0 atom stereocenters. The standard InChI is InChI=1S/C16H15FN2O5S/c1-3-13-9(2)6-14(25-13)16(21)24-8-15(20)18-12-7-10(19(22)23)4-5-11(12)17/h4-7H,3,8H2,1-2H3,(H,18,20). The molecule has 1 amide bonds. The fraction of sp³-hybridized carbons (Fsp3) is 0.250. The molecule has 0 fully saturated rings.